The summed E-state index contributed by atoms with van der Waals surface area (Å²) in [6.07, 6.45) is 0. The molecule has 5 rings (SSSR count). The average Bonchev–Trinajstić information content (AvgIpc) is 3.49. The lowest BCUT2D eigenvalue weighted by Gasteiger charge is -2.12. The van der Waals surface area contributed by atoms with Gasteiger partial charge in [0.15, 0.2) is 5.11 Å². The summed E-state index contributed by atoms with van der Waals surface area (Å²) in [6, 6.07) is 22.3. The average molecular weight is 459 g/mol. The van der Waals surface area contributed by atoms with Crippen molar-refractivity contribution in [3.05, 3.63) is 83.1 Å². The lowest BCUT2D eigenvalue weighted by atomic mass is 10.2. The summed E-state index contributed by atoms with van der Waals surface area (Å²) in [5, 5.41) is 11.1. The predicted octanol–water partition coefficient (Wildman–Crippen LogP) is 7.20. The number of thiocarbonyl (C=S) groups is 1. The fraction of sp³-hybridized carbons (Fsp3) is 0.0417. The third kappa shape index (κ3) is 4.34. The molecule has 0 radical (unpaired) electrons. The van der Waals surface area contributed by atoms with Crippen LogP contribution in [0.4, 0.5) is 11.4 Å². The summed E-state index contributed by atoms with van der Waals surface area (Å²) in [5.74, 6) is 0. The highest BCUT2D eigenvalue weighted by Crippen LogP contribution is 2.35. The third-order valence-electron chi connectivity index (χ3n) is 4.74. The van der Waals surface area contributed by atoms with Gasteiger partial charge in [-0.15, -0.1) is 22.7 Å². The van der Waals surface area contributed by atoms with E-state index in [0.29, 0.717) is 5.11 Å². The van der Waals surface area contributed by atoms with Gasteiger partial charge in [-0.25, -0.2) is 9.97 Å². The first-order valence-corrected chi connectivity index (χ1v) is 11.9. The van der Waals surface area contributed by atoms with Crippen LogP contribution in [0, 0.1) is 6.92 Å². The van der Waals surface area contributed by atoms with Crippen molar-refractivity contribution in [3.63, 3.8) is 0 Å². The zero-order chi connectivity index (χ0) is 21.2. The van der Waals surface area contributed by atoms with E-state index in [1.54, 1.807) is 22.7 Å². The van der Waals surface area contributed by atoms with Crippen molar-refractivity contribution in [1.82, 2.24) is 9.97 Å². The van der Waals surface area contributed by atoms with Gasteiger partial charge < -0.3 is 10.6 Å². The summed E-state index contributed by atoms with van der Waals surface area (Å²) in [7, 11) is 0. The highest BCUT2D eigenvalue weighted by atomic mass is 32.1. The van der Waals surface area contributed by atoms with E-state index in [1.165, 1.54) is 5.56 Å². The molecule has 0 spiro atoms. The Labute approximate surface area is 193 Å². The summed E-state index contributed by atoms with van der Waals surface area (Å²) >= 11 is 8.83. The number of rotatable bonds is 4. The van der Waals surface area contributed by atoms with Gasteiger partial charge in [-0.1, -0.05) is 29.8 Å². The molecule has 0 aliphatic heterocycles. The predicted molar refractivity (Wildman–Crippen MR) is 137 cm³/mol. The summed E-state index contributed by atoms with van der Waals surface area (Å²) in [5.41, 5.74) is 6.53. The van der Waals surface area contributed by atoms with Gasteiger partial charge in [-0.2, -0.15) is 0 Å². The molecule has 2 N–H and O–H groups in total. The molecular formula is C24H18N4S3. The van der Waals surface area contributed by atoms with Gasteiger partial charge in [0.2, 0.25) is 0 Å². The number of aryl methyl sites for hydroxylation is 1. The van der Waals surface area contributed by atoms with Gasteiger partial charge in [0, 0.05) is 11.4 Å². The van der Waals surface area contributed by atoms with E-state index in [0.717, 1.165) is 43.6 Å². The largest absolute Gasteiger partial charge is 0.332 e. The Morgan fingerprint density at radius 1 is 0.742 bits per heavy atom. The minimum absolute atomic E-state index is 0.532. The summed E-state index contributed by atoms with van der Waals surface area (Å²) < 4.78 is 0. The Morgan fingerprint density at radius 3 is 1.94 bits per heavy atom. The minimum Gasteiger partial charge on any atom is -0.332 e. The fourth-order valence-electron chi connectivity index (χ4n) is 3.23. The highest BCUT2D eigenvalue weighted by Gasteiger charge is 2.15. The van der Waals surface area contributed by atoms with E-state index in [1.807, 2.05) is 54.6 Å². The maximum Gasteiger partial charge on any atom is 0.175 e. The van der Waals surface area contributed by atoms with Crippen molar-refractivity contribution >= 4 is 62.4 Å². The molecule has 31 heavy (non-hydrogen) atoms. The number of benzene rings is 2. The van der Waals surface area contributed by atoms with Crippen LogP contribution in [0.5, 0.6) is 0 Å². The van der Waals surface area contributed by atoms with E-state index in [2.05, 4.69) is 40.5 Å². The first-order chi connectivity index (χ1) is 15.2. The number of hydrogen-bond acceptors (Lipinski definition) is 5. The standard InChI is InChI=1S/C24H18N4S3/c1-15-6-8-16(9-7-15)25-24(29)26-17-10-11-18-19(14-17)28-23(21-5-3-13-31-21)22(27-18)20-4-2-12-30-20/h2-14H,1H3,(H2,25,26,29). The maximum atomic E-state index is 5.48. The molecule has 0 saturated heterocycles. The zero-order valence-electron chi connectivity index (χ0n) is 16.6. The zero-order valence-corrected chi connectivity index (χ0v) is 19.1. The number of fused-ring (bicyclic) bond motifs is 1. The first kappa shape index (κ1) is 19.8. The minimum atomic E-state index is 0.532. The quantitative estimate of drug-likeness (QED) is 0.279. The molecule has 152 valence electrons. The van der Waals surface area contributed by atoms with Crippen molar-refractivity contribution < 1.29 is 0 Å². The first-order valence-electron chi connectivity index (χ1n) is 9.70. The molecule has 0 saturated carbocycles. The van der Waals surface area contributed by atoms with Gasteiger partial charge in [0.05, 0.1) is 20.8 Å². The van der Waals surface area contributed by atoms with Gasteiger partial charge in [0.1, 0.15) is 11.4 Å². The number of aromatic nitrogens is 2. The third-order valence-corrected chi connectivity index (χ3v) is 6.70. The van der Waals surface area contributed by atoms with Crippen molar-refractivity contribution in [2.24, 2.45) is 0 Å². The Balaban J connectivity index is 1.47. The van der Waals surface area contributed by atoms with E-state index in [-0.39, 0.29) is 0 Å². The van der Waals surface area contributed by atoms with E-state index in [9.17, 15) is 0 Å². The number of anilines is 2. The van der Waals surface area contributed by atoms with Crippen molar-refractivity contribution in [2.75, 3.05) is 10.6 Å². The molecule has 0 aliphatic rings. The van der Waals surface area contributed by atoms with Gasteiger partial charge >= 0.3 is 0 Å². The van der Waals surface area contributed by atoms with E-state index in [4.69, 9.17) is 22.2 Å². The number of nitrogens with zero attached hydrogens (tertiary/aromatic N) is 2. The van der Waals surface area contributed by atoms with Crippen LogP contribution in [0.1, 0.15) is 5.56 Å². The second kappa shape index (κ2) is 8.55. The molecule has 0 fully saturated rings. The van der Waals surface area contributed by atoms with Crippen molar-refractivity contribution in [3.8, 4) is 21.1 Å². The molecular weight excluding hydrogens is 440 g/mol. The topological polar surface area (TPSA) is 49.8 Å². The smallest absolute Gasteiger partial charge is 0.175 e. The van der Waals surface area contributed by atoms with E-state index < -0.39 is 0 Å². The monoisotopic (exact) mass is 458 g/mol. The summed E-state index contributed by atoms with van der Waals surface area (Å²) in [6.45, 7) is 2.06. The number of nitrogens with one attached hydrogen (secondary N) is 2. The highest BCUT2D eigenvalue weighted by molar-refractivity contribution is 7.80. The van der Waals surface area contributed by atoms with Crippen LogP contribution in [0.2, 0.25) is 0 Å². The molecule has 0 amide bonds. The fourth-order valence-corrected chi connectivity index (χ4v) is 4.90. The lowest BCUT2D eigenvalue weighted by molar-refractivity contribution is 1.31. The van der Waals surface area contributed by atoms with Crippen molar-refractivity contribution in [2.45, 2.75) is 6.92 Å². The molecule has 3 heterocycles. The number of thiophene rings is 2. The SMILES string of the molecule is Cc1ccc(NC(=S)Nc2ccc3nc(-c4cccs4)c(-c4cccs4)nc3c2)cc1. The molecule has 3 aromatic heterocycles. The Kier molecular flexibility index (Phi) is 5.46. The molecule has 0 atom stereocenters. The molecule has 0 bridgehead atoms. The molecule has 0 unspecified atom stereocenters. The van der Waals surface area contributed by atoms with Crippen LogP contribution in [-0.2, 0) is 0 Å². The van der Waals surface area contributed by atoms with Crippen LogP contribution in [-0.4, -0.2) is 15.1 Å². The van der Waals surface area contributed by atoms with Crippen LogP contribution >= 0.6 is 34.9 Å². The summed E-state index contributed by atoms with van der Waals surface area (Å²) in [4.78, 5) is 12.2. The van der Waals surface area contributed by atoms with E-state index >= 15 is 0 Å². The Bertz CT molecular complexity index is 1340. The normalized spacial score (nSPS) is 10.9. The number of hydrogen-bond donors (Lipinski definition) is 2. The molecule has 2 aromatic carbocycles. The van der Waals surface area contributed by atoms with Gasteiger partial charge in [-0.05, 0) is 72.4 Å². The van der Waals surface area contributed by atoms with Crippen LogP contribution in [0.15, 0.2) is 77.5 Å². The molecule has 5 aromatic rings. The Hall–Kier alpha value is -3.13. The molecule has 4 nitrogen and oxygen atoms in total. The second-order valence-electron chi connectivity index (χ2n) is 7.02. The van der Waals surface area contributed by atoms with Crippen LogP contribution < -0.4 is 10.6 Å². The van der Waals surface area contributed by atoms with Gasteiger partial charge in [0.25, 0.3) is 0 Å². The van der Waals surface area contributed by atoms with Crippen LogP contribution in [0.25, 0.3) is 32.2 Å². The van der Waals surface area contributed by atoms with Crippen molar-refractivity contribution in [1.29, 1.82) is 0 Å². The lowest BCUT2D eigenvalue weighted by Crippen LogP contribution is -2.19. The van der Waals surface area contributed by atoms with Gasteiger partial charge in [-0.3, -0.25) is 0 Å². The van der Waals surface area contributed by atoms with Crippen LogP contribution in [0.3, 0.4) is 0 Å². The Morgan fingerprint density at radius 2 is 1.32 bits per heavy atom. The molecule has 7 heteroatoms. The second-order valence-corrected chi connectivity index (χ2v) is 9.33. The molecule has 0 aliphatic carbocycles. The maximum absolute atomic E-state index is 5.48.